The zero-order valence-electron chi connectivity index (χ0n) is 12.6. The van der Waals surface area contributed by atoms with Crippen LogP contribution in [0.3, 0.4) is 0 Å². The van der Waals surface area contributed by atoms with Crippen molar-refractivity contribution < 1.29 is 0 Å². The van der Waals surface area contributed by atoms with E-state index in [0.29, 0.717) is 0 Å². The highest BCUT2D eigenvalue weighted by atomic mass is 32.1. The van der Waals surface area contributed by atoms with E-state index in [4.69, 9.17) is 9.97 Å². The Morgan fingerprint density at radius 1 is 1.10 bits per heavy atom. The van der Waals surface area contributed by atoms with Gasteiger partial charge in [-0.25, -0.2) is 9.97 Å². The fourth-order valence-electron chi connectivity index (χ4n) is 2.43. The summed E-state index contributed by atoms with van der Waals surface area (Å²) in [4.78, 5) is 10.7. The topological polar surface area (TPSA) is 37.8 Å². The molecular weight excluding hydrogens is 278 g/mol. The number of nitrogens with zero attached hydrogens (tertiary/aromatic N) is 2. The molecule has 0 spiro atoms. The molecule has 108 valence electrons. The number of fused-ring (bicyclic) bond motifs is 1. The molecule has 0 fully saturated rings. The summed E-state index contributed by atoms with van der Waals surface area (Å²) < 4.78 is 0. The lowest BCUT2D eigenvalue weighted by Gasteiger charge is -2.12. The van der Waals surface area contributed by atoms with Crippen molar-refractivity contribution in [2.45, 2.75) is 27.2 Å². The van der Waals surface area contributed by atoms with Crippen LogP contribution < -0.4 is 5.32 Å². The summed E-state index contributed by atoms with van der Waals surface area (Å²) in [5.74, 6) is 1.77. The summed E-state index contributed by atoms with van der Waals surface area (Å²) in [5.41, 5.74) is 3.44. The van der Waals surface area contributed by atoms with Crippen molar-refractivity contribution in [2.24, 2.45) is 0 Å². The molecule has 0 atom stereocenters. The van der Waals surface area contributed by atoms with Crippen molar-refractivity contribution in [1.29, 1.82) is 0 Å². The van der Waals surface area contributed by atoms with E-state index in [9.17, 15) is 0 Å². The van der Waals surface area contributed by atoms with Gasteiger partial charge in [-0.15, -0.1) is 11.3 Å². The molecule has 2 aromatic heterocycles. The molecule has 0 saturated carbocycles. The molecule has 0 aliphatic heterocycles. The van der Waals surface area contributed by atoms with Crippen molar-refractivity contribution in [3.63, 3.8) is 0 Å². The van der Waals surface area contributed by atoms with E-state index in [1.807, 2.05) is 0 Å². The number of hydrogen-bond acceptors (Lipinski definition) is 4. The van der Waals surface area contributed by atoms with Gasteiger partial charge in [-0.1, -0.05) is 19.1 Å². The molecule has 4 heteroatoms. The highest BCUT2D eigenvalue weighted by molar-refractivity contribution is 7.13. The standard InChI is InChI=1S/C17H19N3S/c1-4-9-18-16-14-11(2)6-5-7-13(14)19-17(20-16)15-12(3)8-10-21-15/h5-8,10H,4,9H2,1-3H3,(H,18,19,20). The maximum Gasteiger partial charge on any atom is 0.172 e. The monoisotopic (exact) mass is 297 g/mol. The summed E-state index contributed by atoms with van der Waals surface area (Å²) in [5, 5.41) is 6.67. The summed E-state index contributed by atoms with van der Waals surface area (Å²) in [6.45, 7) is 7.30. The van der Waals surface area contributed by atoms with Crippen LogP contribution in [-0.2, 0) is 0 Å². The third-order valence-corrected chi connectivity index (χ3v) is 4.55. The van der Waals surface area contributed by atoms with Crippen molar-refractivity contribution >= 4 is 28.1 Å². The molecule has 21 heavy (non-hydrogen) atoms. The van der Waals surface area contributed by atoms with E-state index >= 15 is 0 Å². The Kier molecular flexibility index (Phi) is 3.88. The van der Waals surface area contributed by atoms with Gasteiger partial charge in [0.2, 0.25) is 0 Å². The molecule has 1 aromatic carbocycles. The molecule has 0 unspecified atom stereocenters. The molecule has 0 bridgehead atoms. The Morgan fingerprint density at radius 2 is 1.95 bits per heavy atom. The molecule has 0 saturated heterocycles. The minimum Gasteiger partial charge on any atom is -0.369 e. The van der Waals surface area contributed by atoms with E-state index in [-0.39, 0.29) is 0 Å². The number of rotatable bonds is 4. The van der Waals surface area contributed by atoms with E-state index in [0.717, 1.165) is 40.4 Å². The molecule has 0 aliphatic carbocycles. The van der Waals surface area contributed by atoms with Crippen molar-refractivity contribution in [3.8, 4) is 10.7 Å². The Bertz CT molecular complexity index is 777. The molecule has 0 aliphatic rings. The molecule has 1 N–H and O–H groups in total. The van der Waals surface area contributed by atoms with Crippen LogP contribution in [0.4, 0.5) is 5.82 Å². The van der Waals surface area contributed by atoms with Crippen LogP contribution in [0.1, 0.15) is 24.5 Å². The minimum atomic E-state index is 0.819. The number of thiophene rings is 1. The van der Waals surface area contributed by atoms with E-state index < -0.39 is 0 Å². The highest BCUT2D eigenvalue weighted by Crippen LogP contribution is 2.31. The van der Waals surface area contributed by atoms with Gasteiger partial charge in [0, 0.05) is 11.9 Å². The molecule has 2 heterocycles. The van der Waals surface area contributed by atoms with E-state index in [1.165, 1.54) is 11.1 Å². The predicted molar refractivity (Wildman–Crippen MR) is 91.1 cm³/mol. The largest absolute Gasteiger partial charge is 0.369 e. The smallest absolute Gasteiger partial charge is 0.172 e. The minimum absolute atomic E-state index is 0.819. The number of aryl methyl sites for hydroxylation is 2. The zero-order valence-corrected chi connectivity index (χ0v) is 13.4. The summed E-state index contributed by atoms with van der Waals surface area (Å²) in [6.07, 6.45) is 1.07. The second-order valence-electron chi connectivity index (χ2n) is 5.22. The molecule has 3 aromatic rings. The average Bonchev–Trinajstić information content (AvgIpc) is 2.90. The first-order valence-electron chi connectivity index (χ1n) is 7.26. The third kappa shape index (κ3) is 2.63. The highest BCUT2D eigenvalue weighted by Gasteiger charge is 2.13. The lowest BCUT2D eigenvalue weighted by molar-refractivity contribution is 0.970. The van der Waals surface area contributed by atoms with Crippen LogP contribution in [0.25, 0.3) is 21.6 Å². The first-order valence-corrected chi connectivity index (χ1v) is 8.14. The van der Waals surface area contributed by atoms with Gasteiger partial charge < -0.3 is 5.32 Å². The molecule has 0 radical (unpaired) electrons. The van der Waals surface area contributed by atoms with Crippen molar-refractivity contribution in [1.82, 2.24) is 9.97 Å². The van der Waals surface area contributed by atoms with E-state index in [2.05, 4.69) is 55.7 Å². The van der Waals surface area contributed by atoms with Crippen LogP contribution in [0.5, 0.6) is 0 Å². The number of hydrogen-bond donors (Lipinski definition) is 1. The van der Waals surface area contributed by atoms with Crippen LogP contribution in [0, 0.1) is 13.8 Å². The van der Waals surface area contributed by atoms with Crippen LogP contribution in [-0.4, -0.2) is 16.5 Å². The predicted octanol–water partition coefficient (Wildman–Crippen LogP) is 4.80. The fourth-order valence-corrected chi connectivity index (χ4v) is 3.29. The first-order chi connectivity index (χ1) is 10.2. The lowest BCUT2D eigenvalue weighted by atomic mass is 10.1. The van der Waals surface area contributed by atoms with Gasteiger partial charge in [-0.2, -0.15) is 0 Å². The second-order valence-corrected chi connectivity index (χ2v) is 6.14. The normalized spacial score (nSPS) is 11.0. The van der Waals surface area contributed by atoms with Crippen LogP contribution >= 0.6 is 11.3 Å². The van der Waals surface area contributed by atoms with Crippen LogP contribution in [0.15, 0.2) is 29.6 Å². The number of nitrogens with one attached hydrogen (secondary N) is 1. The maximum absolute atomic E-state index is 4.79. The van der Waals surface area contributed by atoms with Gasteiger partial charge in [0.1, 0.15) is 5.82 Å². The van der Waals surface area contributed by atoms with Crippen molar-refractivity contribution in [2.75, 3.05) is 11.9 Å². The number of aromatic nitrogens is 2. The zero-order chi connectivity index (χ0) is 14.8. The number of benzene rings is 1. The van der Waals surface area contributed by atoms with Crippen LogP contribution in [0.2, 0.25) is 0 Å². The van der Waals surface area contributed by atoms with E-state index in [1.54, 1.807) is 11.3 Å². The van der Waals surface area contributed by atoms with Gasteiger partial charge in [-0.05, 0) is 48.9 Å². The first kappa shape index (κ1) is 14.0. The Hall–Kier alpha value is -1.94. The average molecular weight is 297 g/mol. The Morgan fingerprint density at radius 3 is 2.67 bits per heavy atom. The Labute approximate surface area is 129 Å². The quantitative estimate of drug-likeness (QED) is 0.752. The second kappa shape index (κ2) is 5.82. The number of anilines is 1. The van der Waals surface area contributed by atoms with Gasteiger partial charge >= 0.3 is 0 Å². The Balaban J connectivity index is 2.22. The summed E-state index contributed by atoms with van der Waals surface area (Å²) in [6, 6.07) is 8.34. The summed E-state index contributed by atoms with van der Waals surface area (Å²) in [7, 11) is 0. The SMILES string of the molecule is CCCNc1nc(-c2sccc2C)nc2cccc(C)c12. The van der Waals surface area contributed by atoms with Gasteiger partial charge in [-0.3, -0.25) is 0 Å². The molecule has 3 nitrogen and oxygen atoms in total. The third-order valence-electron chi connectivity index (χ3n) is 3.54. The van der Waals surface area contributed by atoms with Crippen molar-refractivity contribution in [3.05, 3.63) is 40.8 Å². The lowest BCUT2D eigenvalue weighted by Crippen LogP contribution is -2.05. The summed E-state index contributed by atoms with van der Waals surface area (Å²) >= 11 is 1.70. The maximum atomic E-state index is 4.79. The van der Waals surface area contributed by atoms with Gasteiger partial charge in [0.25, 0.3) is 0 Å². The fraction of sp³-hybridized carbons (Fsp3) is 0.294. The van der Waals surface area contributed by atoms with Gasteiger partial charge in [0.15, 0.2) is 5.82 Å². The van der Waals surface area contributed by atoms with Gasteiger partial charge in [0.05, 0.1) is 10.4 Å². The molecule has 0 amide bonds. The molecule has 3 rings (SSSR count). The molecular formula is C17H19N3S.